The molecule has 7 nitrogen and oxygen atoms in total. The van der Waals surface area contributed by atoms with E-state index >= 15 is 0 Å². The first kappa shape index (κ1) is 13.6. The molecule has 0 aliphatic rings. The van der Waals surface area contributed by atoms with Crippen molar-refractivity contribution in [1.29, 1.82) is 0 Å². The van der Waals surface area contributed by atoms with Gasteiger partial charge >= 0.3 is 12.0 Å². The quantitative estimate of drug-likeness (QED) is 0.786. The number of amides is 2. The zero-order valence-electron chi connectivity index (χ0n) is 10.8. The molecule has 1 aromatic heterocycles. The van der Waals surface area contributed by atoms with Gasteiger partial charge in [-0.05, 0) is 24.3 Å². The average Bonchev–Trinajstić information content (AvgIpc) is 2.82. The Hall–Kier alpha value is -2.83. The van der Waals surface area contributed by atoms with Gasteiger partial charge < -0.3 is 15.7 Å². The third-order valence-electron chi connectivity index (χ3n) is 2.57. The van der Waals surface area contributed by atoms with Crippen LogP contribution in [0.5, 0.6) is 0 Å². The van der Waals surface area contributed by atoms with Crippen molar-refractivity contribution in [3.8, 4) is 0 Å². The predicted octanol–water partition coefficient (Wildman–Crippen LogP) is 1.44. The van der Waals surface area contributed by atoms with Crippen LogP contribution >= 0.6 is 0 Å². The Bertz CT molecular complexity index is 636. The van der Waals surface area contributed by atoms with Crippen LogP contribution in [0.1, 0.15) is 16.1 Å². The second kappa shape index (κ2) is 5.87. The van der Waals surface area contributed by atoms with Crippen molar-refractivity contribution in [2.75, 3.05) is 5.32 Å². The molecular weight excluding hydrogens is 260 g/mol. The van der Waals surface area contributed by atoms with Crippen LogP contribution in [0.25, 0.3) is 0 Å². The fraction of sp³-hybridized carbons (Fsp3) is 0.154. The average molecular weight is 274 g/mol. The third kappa shape index (κ3) is 3.58. The first-order valence-electron chi connectivity index (χ1n) is 5.91. The molecule has 0 saturated heterocycles. The number of carbonyl (C=O) groups excluding carboxylic acids is 1. The number of anilines is 1. The maximum absolute atomic E-state index is 11.7. The van der Waals surface area contributed by atoms with Gasteiger partial charge in [0.05, 0.1) is 17.8 Å². The van der Waals surface area contributed by atoms with Crippen LogP contribution in [-0.4, -0.2) is 26.9 Å². The molecule has 0 atom stereocenters. The smallest absolute Gasteiger partial charge is 0.335 e. The highest BCUT2D eigenvalue weighted by Gasteiger charge is 2.06. The van der Waals surface area contributed by atoms with E-state index in [2.05, 4.69) is 15.7 Å². The summed E-state index contributed by atoms with van der Waals surface area (Å²) >= 11 is 0. The van der Waals surface area contributed by atoms with Gasteiger partial charge in [-0.3, -0.25) is 4.68 Å². The Morgan fingerprint density at radius 1 is 1.35 bits per heavy atom. The molecule has 20 heavy (non-hydrogen) atoms. The Balaban J connectivity index is 1.91. The lowest BCUT2D eigenvalue weighted by Crippen LogP contribution is -2.28. The molecule has 0 aliphatic heterocycles. The number of aryl methyl sites for hydroxylation is 1. The number of aromatic nitrogens is 2. The van der Waals surface area contributed by atoms with E-state index in [1.807, 2.05) is 0 Å². The van der Waals surface area contributed by atoms with Crippen molar-refractivity contribution in [3.05, 3.63) is 47.8 Å². The summed E-state index contributed by atoms with van der Waals surface area (Å²) < 4.78 is 1.64. The molecule has 1 aromatic carbocycles. The van der Waals surface area contributed by atoms with Crippen LogP contribution in [-0.2, 0) is 13.6 Å². The number of nitrogens with zero attached hydrogens (tertiary/aromatic N) is 2. The molecule has 2 aromatic rings. The standard InChI is InChI=1S/C13H14N4O3/c1-17-6-5-11(16-17)8-14-13(20)15-10-4-2-3-9(7-10)12(18)19/h2-7H,8H2,1H3,(H,18,19)(H2,14,15,20). The largest absolute Gasteiger partial charge is 0.478 e. The van der Waals surface area contributed by atoms with Gasteiger partial charge in [0.25, 0.3) is 0 Å². The lowest BCUT2D eigenvalue weighted by atomic mass is 10.2. The predicted molar refractivity (Wildman–Crippen MR) is 72.5 cm³/mol. The van der Waals surface area contributed by atoms with E-state index in [0.29, 0.717) is 12.2 Å². The molecule has 1 heterocycles. The third-order valence-corrected chi connectivity index (χ3v) is 2.57. The minimum Gasteiger partial charge on any atom is -0.478 e. The van der Waals surface area contributed by atoms with E-state index in [4.69, 9.17) is 5.11 Å². The summed E-state index contributed by atoms with van der Waals surface area (Å²) in [6.07, 6.45) is 1.78. The molecule has 0 spiro atoms. The number of carbonyl (C=O) groups is 2. The van der Waals surface area contributed by atoms with Crippen molar-refractivity contribution in [2.45, 2.75) is 6.54 Å². The molecule has 0 radical (unpaired) electrons. The fourth-order valence-electron chi connectivity index (χ4n) is 1.63. The summed E-state index contributed by atoms with van der Waals surface area (Å²) in [6.45, 7) is 0.297. The number of nitrogens with one attached hydrogen (secondary N) is 2. The molecule has 0 fully saturated rings. The monoisotopic (exact) mass is 274 g/mol. The van der Waals surface area contributed by atoms with E-state index in [0.717, 1.165) is 5.69 Å². The summed E-state index contributed by atoms with van der Waals surface area (Å²) in [5.74, 6) is -1.04. The first-order chi connectivity index (χ1) is 9.54. The lowest BCUT2D eigenvalue weighted by molar-refractivity contribution is 0.0697. The number of carboxylic acid groups (broad SMARTS) is 1. The summed E-state index contributed by atoms with van der Waals surface area (Å²) in [4.78, 5) is 22.5. The van der Waals surface area contributed by atoms with E-state index in [1.165, 1.54) is 12.1 Å². The number of urea groups is 1. The van der Waals surface area contributed by atoms with Crippen molar-refractivity contribution >= 4 is 17.7 Å². The Morgan fingerprint density at radius 2 is 2.15 bits per heavy atom. The van der Waals surface area contributed by atoms with Crippen LogP contribution in [0.4, 0.5) is 10.5 Å². The maximum atomic E-state index is 11.7. The van der Waals surface area contributed by atoms with E-state index < -0.39 is 12.0 Å². The molecule has 0 bridgehead atoms. The second-order valence-electron chi connectivity index (χ2n) is 4.17. The highest BCUT2D eigenvalue weighted by atomic mass is 16.4. The van der Waals surface area contributed by atoms with Crippen LogP contribution in [0.2, 0.25) is 0 Å². The Morgan fingerprint density at radius 3 is 2.80 bits per heavy atom. The fourth-order valence-corrected chi connectivity index (χ4v) is 1.63. The van der Waals surface area contributed by atoms with E-state index in [1.54, 1.807) is 36.1 Å². The van der Waals surface area contributed by atoms with Crippen LogP contribution < -0.4 is 10.6 Å². The van der Waals surface area contributed by atoms with Crippen LogP contribution in [0, 0.1) is 0 Å². The van der Waals surface area contributed by atoms with Crippen LogP contribution in [0.3, 0.4) is 0 Å². The van der Waals surface area contributed by atoms with Gasteiger partial charge in [0.2, 0.25) is 0 Å². The molecule has 0 saturated carbocycles. The van der Waals surface area contributed by atoms with Crippen molar-refractivity contribution in [3.63, 3.8) is 0 Å². The van der Waals surface area contributed by atoms with Crippen molar-refractivity contribution < 1.29 is 14.7 Å². The molecular formula is C13H14N4O3. The number of carboxylic acids is 1. The minimum atomic E-state index is -1.04. The molecule has 3 N–H and O–H groups in total. The van der Waals surface area contributed by atoms with Crippen molar-refractivity contribution in [2.24, 2.45) is 7.05 Å². The zero-order chi connectivity index (χ0) is 14.5. The van der Waals surface area contributed by atoms with Gasteiger partial charge in [-0.25, -0.2) is 9.59 Å². The van der Waals surface area contributed by atoms with E-state index in [-0.39, 0.29) is 5.56 Å². The second-order valence-corrected chi connectivity index (χ2v) is 4.17. The summed E-state index contributed by atoms with van der Waals surface area (Å²) in [7, 11) is 1.79. The Labute approximate surface area is 115 Å². The topological polar surface area (TPSA) is 96.2 Å². The zero-order valence-corrected chi connectivity index (χ0v) is 10.8. The number of rotatable bonds is 4. The number of aromatic carboxylic acids is 1. The SMILES string of the molecule is Cn1ccc(CNC(=O)Nc2cccc(C(=O)O)c2)n1. The van der Waals surface area contributed by atoms with Gasteiger partial charge in [-0.15, -0.1) is 0 Å². The number of benzene rings is 1. The summed E-state index contributed by atoms with van der Waals surface area (Å²) in [5, 5.41) is 18.2. The molecule has 104 valence electrons. The van der Waals surface area contributed by atoms with Gasteiger partial charge in [-0.2, -0.15) is 5.10 Å². The Kier molecular flexibility index (Phi) is 3.99. The maximum Gasteiger partial charge on any atom is 0.335 e. The highest BCUT2D eigenvalue weighted by Crippen LogP contribution is 2.10. The highest BCUT2D eigenvalue weighted by molar-refractivity contribution is 5.93. The van der Waals surface area contributed by atoms with Gasteiger partial charge in [-0.1, -0.05) is 6.07 Å². The molecule has 2 amide bonds. The van der Waals surface area contributed by atoms with Gasteiger partial charge in [0.1, 0.15) is 0 Å². The number of hydrogen-bond acceptors (Lipinski definition) is 3. The molecule has 0 aliphatic carbocycles. The first-order valence-corrected chi connectivity index (χ1v) is 5.91. The van der Waals surface area contributed by atoms with Gasteiger partial charge in [0.15, 0.2) is 0 Å². The number of hydrogen-bond donors (Lipinski definition) is 3. The lowest BCUT2D eigenvalue weighted by Gasteiger charge is -2.07. The summed E-state index contributed by atoms with van der Waals surface area (Å²) in [5.41, 5.74) is 1.28. The summed E-state index contributed by atoms with van der Waals surface area (Å²) in [6, 6.07) is 7.41. The molecule has 2 rings (SSSR count). The molecule has 7 heteroatoms. The van der Waals surface area contributed by atoms with E-state index in [9.17, 15) is 9.59 Å². The van der Waals surface area contributed by atoms with Crippen molar-refractivity contribution in [1.82, 2.24) is 15.1 Å². The van der Waals surface area contributed by atoms with Crippen LogP contribution in [0.15, 0.2) is 36.5 Å². The van der Waals surface area contributed by atoms with Gasteiger partial charge in [0, 0.05) is 18.9 Å². The molecule has 0 unspecified atom stereocenters. The minimum absolute atomic E-state index is 0.118. The normalized spacial score (nSPS) is 10.1.